The molecule has 0 heterocycles. The van der Waals surface area contributed by atoms with E-state index in [2.05, 4.69) is 12.2 Å². The first-order chi connectivity index (χ1) is 8.09. The lowest BCUT2D eigenvalue weighted by Crippen LogP contribution is -2.45. The van der Waals surface area contributed by atoms with Crippen LogP contribution in [0.1, 0.15) is 64.7 Å². The van der Waals surface area contributed by atoms with Gasteiger partial charge in [0.15, 0.2) is 0 Å². The third-order valence-corrected chi connectivity index (χ3v) is 4.56. The number of carbonyl (C=O) groups excluding carboxylic acids is 1. The Labute approximate surface area is 105 Å². The third kappa shape index (κ3) is 3.44. The van der Waals surface area contributed by atoms with E-state index in [-0.39, 0.29) is 17.5 Å². The predicted octanol–water partition coefficient (Wildman–Crippen LogP) is 2.34. The SMILES string of the molecule is CC1(NC(=O)CC2CCCCC2N)CCCC1. The Balaban J connectivity index is 1.80. The maximum absolute atomic E-state index is 12.1. The molecule has 1 amide bonds. The van der Waals surface area contributed by atoms with Gasteiger partial charge in [-0.05, 0) is 38.5 Å². The van der Waals surface area contributed by atoms with Gasteiger partial charge in [-0.15, -0.1) is 0 Å². The summed E-state index contributed by atoms with van der Waals surface area (Å²) in [5.41, 5.74) is 6.15. The molecule has 2 unspecified atom stereocenters. The van der Waals surface area contributed by atoms with Gasteiger partial charge in [-0.1, -0.05) is 25.7 Å². The quantitative estimate of drug-likeness (QED) is 0.793. The molecule has 2 aliphatic carbocycles. The van der Waals surface area contributed by atoms with Gasteiger partial charge in [0.2, 0.25) is 5.91 Å². The average Bonchev–Trinajstić information content (AvgIpc) is 2.68. The number of hydrogen-bond acceptors (Lipinski definition) is 2. The van der Waals surface area contributed by atoms with Crippen molar-refractivity contribution in [2.45, 2.75) is 76.3 Å². The van der Waals surface area contributed by atoms with E-state index in [1.165, 1.54) is 25.7 Å². The topological polar surface area (TPSA) is 55.1 Å². The number of hydrogen-bond donors (Lipinski definition) is 2. The molecule has 2 fully saturated rings. The molecule has 2 aliphatic rings. The van der Waals surface area contributed by atoms with E-state index < -0.39 is 0 Å². The van der Waals surface area contributed by atoms with Crippen LogP contribution in [0.25, 0.3) is 0 Å². The van der Waals surface area contributed by atoms with Crippen LogP contribution in [0.15, 0.2) is 0 Å². The van der Waals surface area contributed by atoms with Crippen molar-refractivity contribution in [2.24, 2.45) is 11.7 Å². The van der Waals surface area contributed by atoms with Gasteiger partial charge in [-0.3, -0.25) is 4.79 Å². The maximum atomic E-state index is 12.1. The fourth-order valence-corrected chi connectivity index (χ4v) is 3.40. The highest BCUT2D eigenvalue weighted by Crippen LogP contribution is 2.30. The van der Waals surface area contributed by atoms with Crippen molar-refractivity contribution in [3.8, 4) is 0 Å². The molecular formula is C14H26N2O. The zero-order valence-electron chi connectivity index (χ0n) is 11.0. The molecular weight excluding hydrogens is 212 g/mol. The minimum absolute atomic E-state index is 0.0653. The van der Waals surface area contributed by atoms with Crippen molar-refractivity contribution in [3.05, 3.63) is 0 Å². The van der Waals surface area contributed by atoms with Gasteiger partial charge in [-0.25, -0.2) is 0 Å². The average molecular weight is 238 g/mol. The van der Waals surface area contributed by atoms with E-state index in [1.807, 2.05) is 0 Å². The minimum Gasteiger partial charge on any atom is -0.351 e. The van der Waals surface area contributed by atoms with Gasteiger partial charge in [0.25, 0.3) is 0 Å². The summed E-state index contributed by atoms with van der Waals surface area (Å²) in [6.45, 7) is 2.18. The summed E-state index contributed by atoms with van der Waals surface area (Å²) in [4.78, 5) is 12.1. The van der Waals surface area contributed by atoms with Gasteiger partial charge in [0.05, 0.1) is 0 Å². The van der Waals surface area contributed by atoms with Crippen LogP contribution in [0.5, 0.6) is 0 Å². The van der Waals surface area contributed by atoms with E-state index in [0.29, 0.717) is 12.3 Å². The highest BCUT2D eigenvalue weighted by atomic mass is 16.1. The highest BCUT2D eigenvalue weighted by Gasteiger charge is 2.31. The van der Waals surface area contributed by atoms with Crippen molar-refractivity contribution >= 4 is 5.91 Å². The lowest BCUT2D eigenvalue weighted by atomic mass is 9.82. The third-order valence-electron chi connectivity index (χ3n) is 4.56. The lowest BCUT2D eigenvalue weighted by molar-refractivity contribution is -0.124. The van der Waals surface area contributed by atoms with Crippen molar-refractivity contribution in [1.82, 2.24) is 5.32 Å². The number of nitrogens with one attached hydrogen (secondary N) is 1. The fourth-order valence-electron chi connectivity index (χ4n) is 3.40. The van der Waals surface area contributed by atoms with Crippen LogP contribution >= 0.6 is 0 Å². The van der Waals surface area contributed by atoms with Gasteiger partial charge in [0.1, 0.15) is 0 Å². The zero-order chi connectivity index (χ0) is 12.3. The summed E-state index contributed by atoms with van der Waals surface area (Å²) in [5, 5.41) is 3.23. The van der Waals surface area contributed by atoms with Crippen LogP contribution in [0, 0.1) is 5.92 Å². The summed E-state index contributed by atoms with van der Waals surface area (Å²) < 4.78 is 0. The van der Waals surface area contributed by atoms with Gasteiger partial charge < -0.3 is 11.1 Å². The summed E-state index contributed by atoms with van der Waals surface area (Å²) in [6.07, 6.45) is 10.1. The lowest BCUT2D eigenvalue weighted by Gasteiger charge is -2.30. The Hall–Kier alpha value is -0.570. The highest BCUT2D eigenvalue weighted by molar-refractivity contribution is 5.77. The molecule has 3 nitrogen and oxygen atoms in total. The summed E-state index contributed by atoms with van der Waals surface area (Å²) in [5.74, 6) is 0.630. The zero-order valence-corrected chi connectivity index (χ0v) is 11.0. The van der Waals surface area contributed by atoms with Crippen molar-refractivity contribution in [2.75, 3.05) is 0 Å². The molecule has 0 aromatic rings. The first kappa shape index (κ1) is 12.9. The Morgan fingerprint density at radius 2 is 1.88 bits per heavy atom. The normalized spacial score (nSPS) is 32.4. The van der Waals surface area contributed by atoms with Crippen LogP contribution in [0.2, 0.25) is 0 Å². The number of rotatable bonds is 3. The minimum atomic E-state index is 0.0653. The molecule has 2 atom stereocenters. The Morgan fingerprint density at radius 1 is 1.24 bits per heavy atom. The van der Waals surface area contributed by atoms with E-state index >= 15 is 0 Å². The van der Waals surface area contributed by atoms with E-state index in [9.17, 15) is 4.79 Å². The molecule has 0 aromatic heterocycles. The molecule has 0 spiro atoms. The molecule has 0 aliphatic heterocycles. The van der Waals surface area contributed by atoms with Crippen molar-refractivity contribution in [3.63, 3.8) is 0 Å². The first-order valence-corrected chi connectivity index (χ1v) is 7.16. The molecule has 3 N–H and O–H groups in total. The smallest absolute Gasteiger partial charge is 0.220 e. The molecule has 98 valence electrons. The molecule has 0 saturated heterocycles. The standard InChI is InChI=1S/C14H26N2O/c1-14(8-4-5-9-14)16-13(17)10-11-6-2-3-7-12(11)15/h11-12H,2-10,15H2,1H3,(H,16,17). The summed E-state index contributed by atoms with van der Waals surface area (Å²) >= 11 is 0. The summed E-state index contributed by atoms with van der Waals surface area (Å²) in [7, 11) is 0. The predicted molar refractivity (Wildman–Crippen MR) is 69.6 cm³/mol. The number of carbonyl (C=O) groups is 1. The maximum Gasteiger partial charge on any atom is 0.220 e. The second kappa shape index (κ2) is 5.38. The monoisotopic (exact) mass is 238 g/mol. The van der Waals surface area contributed by atoms with Gasteiger partial charge in [-0.2, -0.15) is 0 Å². The molecule has 0 bridgehead atoms. The summed E-state index contributed by atoms with van der Waals surface area (Å²) in [6, 6.07) is 0.242. The van der Waals surface area contributed by atoms with Gasteiger partial charge >= 0.3 is 0 Å². The number of nitrogens with two attached hydrogens (primary N) is 1. The van der Waals surface area contributed by atoms with E-state index in [0.717, 1.165) is 25.7 Å². The van der Waals surface area contributed by atoms with Crippen LogP contribution in [-0.2, 0) is 4.79 Å². The fraction of sp³-hybridized carbons (Fsp3) is 0.929. The second-order valence-electron chi connectivity index (χ2n) is 6.23. The van der Waals surface area contributed by atoms with E-state index in [1.54, 1.807) is 0 Å². The van der Waals surface area contributed by atoms with Crippen LogP contribution < -0.4 is 11.1 Å². The number of amides is 1. The van der Waals surface area contributed by atoms with Crippen molar-refractivity contribution < 1.29 is 4.79 Å². The first-order valence-electron chi connectivity index (χ1n) is 7.16. The Bertz CT molecular complexity index is 271. The molecule has 2 rings (SSSR count). The van der Waals surface area contributed by atoms with E-state index in [4.69, 9.17) is 5.73 Å². The van der Waals surface area contributed by atoms with Crippen LogP contribution in [0.3, 0.4) is 0 Å². The van der Waals surface area contributed by atoms with Crippen LogP contribution in [0.4, 0.5) is 0 Å². The molecule has 2 saturated carbocycles. The largest absolute Gasteiger partial charge is 0.351 e. The molecule has 0 aromatic carbocycles. The van der Waals surface area contributed by atoms with Crippen molar-refractivity contribution in [1.29, 1.82) is 0 Å². The Kier molecular flexibility index (Phi) is 4.08. The molecule has 3 heteroatoms. The second-order valence-corrected chi connectivity index (χ2v) is 6.23. The molecule has 0 radical (unpaired) electrons. The Morgan fingerprint density at radius 3 is 2.53 bits per heavy atom. The molecule has 17 heavy (non-hydrogen) atoms. The van der Waals surface area contributed by atoms with Crippen LogP contribution in [-0.4, -0.2) is 17.5 Å². The van der Waals surface area contributed by atoms with Gasteiger partial charge in [0, 0.05) is 18.0 Å².